The largest absolute Gasteiger partial charge is 0.508 e. The summed E-state index contributed by atoms with van der Waals surface area (Å²) in [6, 6.07) is 19.4. The van der Waals surface area contributed by atoms with Gasteiger partial charge in [-0.2, -0.15) is 0 Å². The number of phenolic OH excluding ortho intramolecular Hbond substituents is 1. The molecule has 1 fully saturated rings. The third-order valence-electron chi connectivity index (χ3n) is 7.90. The highest BCUT2D eigenvalue weighted by Gasteiger charge is 2.51. The molecule has 0 aliphatic carbocycles. The number of nitrogens with one attached hydrogen (secondary N) is 1. The van der Waals surface area contributed by atoms with Crippen LogP contribution in [0, 0.1) is 5.92 Å². The quantitative estimate of drug-likeness (QED) is 0.284. The van der Waals surface area contributed by atoms with Crippen LogP contribution in [0.1, 0.15) is 43.0 Å². The monoisotopic (exact) mass is 549 g/mol. The molecule has 6 N–H and O–H groups in total. The number of carbonyl (C=O) groups excluding carboxylic acids is 1. The Kier molecular flexibility index (Phi) is 7.37. The molecule has 0 saturated carbocycles. The average molecular weight is 550 g/mol. The van der Waals surface area contributed by atoms with Crippen LogP contribution in [0.3, 0.4) is 0 Å². The summed E-state index contributed by atoms with van der Waals surface area (Å²) in [6.45, 7) is 5.63. The van der Waals surface area contributed by atoms with Gasteiger partial charge in [-0.05, 0) is 46.9 Å². The van der Waals surface area contributed by atoms with E-state index in [0.29, 0.717) is 22.4 Å². The van der Waals surface area contributed by atoms with Crippen molar-refractivity contribution in [1.29, 1.82) is 0 Å². The van der Waals surface area contributed by atoms with Crippen LogP contribution in [-0.4, -0.2) is 69.3 Å². The number of aliphatic hydroxyl groups excluding tert-OH is 4. The van der Waals surface area contributed by atoms with Gasteiger partial charge in [-0.25, -0.2) is 0 Å². The highest BCUT2D eigenvalue weighted by Crippen LogP contribution is 2.51. The maximum Gasteiger partial charge on any atom is 0.244 e. The fourth-order valence-electron chi connectivity index (χ4n) is 5.51. The first-order valence-electron chi connectivity index (χ1n) is 13.3. The number of ether oxygens (including phenoxy) is 2. The number of phenols is 1. The zero-order chi connectivity index (χ0) is 28.8. The second-order valence-electron chi connectivity index (χ2n) is 11.5. The third-order valence-corrected chi connectivity index (χ3v) is 7.90. The molecule has 9 nitrogen and oxygen atoms in total. The van der Waals surface area contributed by atoms with Gasteiger partial charge in [0.15, 0.2) is 0 Å². The van der Waals surface area contributed by atoms with Crippen LogP contribution in [0.4, 0.5) is 5.69 Å². The van der Waals surface area contributed by atoms with Crippen LogP contribution in [0.2, 0.25) is 0 Å². The van der Waals surface area contributed by atoms with E-state index in [0.717, 1.165) is 5.56 Å². The summed E-state index contributed by atoms with van der Waals surface area (Å²) in [5.41, 5.74) is 1.75. The average Bonchev–Trinajstić information content (AvgIpc) is 3.18. The summed E-state index contributed by atoms with van der Waals surface area (Å²) < 4.78 is 11.4. The summed E-state index contributed by atoms with van der Waals surface area (Å²) in [4.78, 5) is 13.9. The molecular weight excluding hydrogens is 514 g/mol. The predicted octanol–water partition coefficient (Wildman–Crippen LogP) is 2.40. The number of para-hydroxylation sites is 1. The highest BCUT2D eigenvalue weighted by atomic mass is 16.7. The molecule has 6 atom stereocenters. The van der Waals surface area contributed by atoms with Gasteiger partial charge >= 0.3 is 0 Å². The van der Waals surface area contributed by atoms with E-state index < -0.39 is 42.5 Å². The smallest absolute Gasteiger partial charge is 0.244 e. The van der Waals surface area contributed by atoms with Crippen molar-refractivity contribution in [1.82, 2.24) is 0 Å². The topological polar surface area (TPSA) is 149 Å². The standard InChI is InChI=1S/C31H35NO8/c1-30(2,3)19-10-13-24(34)22(14-19)31(21-6-4-5-7-23(21)32-29(31)38)18-8-11-20(12-9-18)40-28-27(37)26(36)25(35)17(15-33)16-39-28/h4-14,17,25-28,33-37H,15-16H2,1-3H3,(H,32,38). The molecule has 0 radical (unpaired) electrons. The van der Waals surface area contributed by atoms with E-state index in [1.54, 1.807) is 30.3 Å². The second kappa shape index (κ2) is 10.5. The van der Waals surface area contributed by atoms with Gasteiger partial charge in [0.25, 0.3) is 0 Å². The first-order valence-corrected chi connectivity index (χ1v) is 13.3. The van der Waals surface area contributed by atoms with E-state index in [1.807, 2.05) is 36.4 Å². The Morgan fingerprint density at radius 1 is 0.950 bits per heavy atom. The maximum atomic E-state index is 13.9. The summed E-state index contributed by atoms with van der Waals surface area (Å²) in [7, 11) is 0. The first kappa shape index (κ1) is 28.1. The van der Waals surface area contributed by atoms with Crippen LogP contribution in [0.15, 0.2) is 66.7 Å². The normalized spacial score (nSPS) is 28.5. The minimum absolute atomic E-state index is 0.0128. The van der Waals surface area contributed by atoms with E-state index in [4.69, 9.17) is 9.47 Å². The number of carbonyl (C=O) groups is 1. The number of benzene rings is 3. The van der Waals surface area contributed by atoms with Crippen molar-refractivity contribution >= 4 is 11.6 Å². The Labute approximate surface area is 232 Å². The van der Waals surface area contributed by atoms with Gasteiger partial charge in [-0.15, -0.1) is 0 Å². The maximum absolute atomic E-state index is 13.9. The first-order chi connectivity index (χ1) is 19.0. The highest BCUT2D eigenvalue weighted by molar-refractivity contribution is 6.11. The molecule has 0 spiro atoms. The van der Waals surface area contributed by atoms with Crippen molar-refractivity contribution < 1.29 is 39.8 Å². The van der Waals surface area contributed by atoms with Crippen LogP contribution in [0.5, 0.6) is 11.5 Å². The fraction of sp³-hybridized carbons (Fsp3) is 0.387. The lowest BCUT2D eigenvalue weighted by atomic mass is 9.68. The zero-order valence-electron chi connectivity index (χ0n) is 22.6. The number of anilines is 1. The number of aromatic hydroxyl groups is 1. The van der Waals surface area contributed by atoms with Crippen molar-refractivity contribution in [2.45, 2.75) is 56.2 Å². The summed E-state index contributed by atoms with van der Waals surface area (Å²) in [5, 5.41) is 54.6. The molecule has 2 aliphatic rings. The Morgan fingerprint density at radius 2 is 1.65 bits per heavy atom. The van der Waals surface area contributed by atoms with Gasteiger partial charge < -0.3 is 40.3 Å². The van der Waals surface area contributed by atoms with Crippen molar-refractivity contribution in [3.63, 3.8) is 0 Å². The van der Waals surface area contributed by atoms with E-state index in [-0.39, 0.29) is 29.4 Å². The van der Waals surface area contributed by atoms with E-state index in [1.165, 1.54) is 0 Å². The van der Waals surface area contributed by atoms with E-state index in [9.17, 15) is 30.3 Å². The van der Waals surface area contributed by atoms with Gasteiger partial charge in [0.1, 0.15) is 29.1 Å². The van der Waals surface area contributed by atoms with Gasteiger partial charge in [0.2, 0.25) is 12.2 Å². The number of amides is 1. The molecule has 5 rings (SSSR count). The minimum atomic E-state index is -1.58. The van der Waals surface area contributed by atoms with Gasteiger partial charge in [-0.1, -0.05) is 57.2 Å². The summed E-state index contributed by atoms with van der Waals surface area (Å²) in [5.74, 6) is -0.816. The lowest BCUT2D eigenvalue weighted by molar-refractivity contribution is -0.167. The lowest BCUT2D eigenvalue weighted by Crippen LogP contribution is -2.46. The third kappa shape index (κ3) is 4.63. The van der Waals surface area contributed by atoms with Crippen molar-refractivity contribution in [2.24, 2.45) is 5.92 Å². The molecule has 0 bridgehead atoms. The Bertz CT molecular complexity index is 1380. The molecule has 1 saturated heterocycles. The van der Waals surface area contributed by atoms with E-state index in [2.05, 4.69) is 26.1 Å². The van der Waals surface area contributed by atoms with Crippen LogP contribution in [0.25, 0.3) is 0 Å². The molecule has 212 valence electrons. The van der Waals surface area contributed by atoms with Crippen LogP contribution >= 0.6 is 0 Å². The fourth-order valence-corrected chi connectivity index (χ4v) is 5.51. The molecule has 3 aromatic carbocycles. The van der Waals surface area contributed by atoms with Gasteiger partial charge in [-0.3, -0.25) is 4.79 Å². The molecule has 9 heteroatoms. The number of fused-ring (bicyclic) bond motifs is 1. The van der Waals surface area contributed by atoms with Crippen LogP contribution < -0.4 is 10.1 Å². The predicted molar refractivity (Wildman–Crippen MR) is 147 cm³/mol. The molecular formula is C31H35NO8. The molecule has 6 unspecified atom stereocenters. The summed E-state index contributed by atoms with van der Waals surface area (Å²) in [6.07, 6.45) is -5.83. The number of hydrogen-bond acceptors (Lipinski definition) is 8. The van der Waals surface area contributed by atoms with Gasteiger partial charge in [0.05, 0.1) is 19.3 Å². The van der Waals surface area contributed by atoms with Crippen molar-refractivity contribution in [2.75, 3.05) is 18.5 Å². The molecule has 2 heterocycles. The Hall–Kier alpha value is -3.47. The SMILES string of the molecule is CC(C)(C)c1ccc(O)c(C2(c3ccc(OC4OCC(CO)C(O)C(O)C4O)cc3)C(=O)Nc3ccccc32)c1. The Morgan fingerprint density at radius 3 is 2.33 bits per heavy atom. The van der Waals surface area contributed by atoms with Crippen molar-refractivity contribution in [3.8, 4) is 11.5 Å². The Balaban J connectivity index is 1.56. The van der Waals surface area contributed by atoms with Gasteiger partial charge in [0, 0.05) is 22.7 Å². The van der Waals surface area contributed by atoms with Crippen molar-refractivity contribution in [3.05, 3.63) is 89.0 Å². The number of hydrogen-bond donors (Lipinski definition) is 6. The zero-order valence-corrected chi connectivity index (χ0v) is 22.6. The minimum Gasteiger partial charge on any atom is -0.508 e. The molecule has 2 aliphatic heterocycles. The number of rotatable bonds is 5. The second-order valence-corrected chi connectivity index (χ2v) is 11.5. The summed E-state index contributed by atoms with van der Waals surface area (Å²) >= 11 is 0. The van der Waals surface area contributed by atoms with Crippen LogP contribution in [-0.2, 0) is 20.4 Å². The lowest BCUT2D eigenvalue weighted by Gasteiger charge is -2.32. The van der Waals surface area contributed by atoms with E-state index >= 15 is 0 Å². The molecule has 3 aromatic rings. The molecule has 40 heavy (non-hydrogen) atoms. The molecule has 1 amide bonds. The number of aliphatic hydroxyl groups is 4. The molecule has 0 aromatic heterocycles.